The number of methoxy groups -OCH3 is 1. The number of aliphatic carboxylic acids is 1. The first-order valence-corrected chi connectivity index (χ1v) is 7.97. The van der Waals surface area contributed by atoms with Crippen LogP contribution in [0.3, 0.4) is 0 Å². The Hall–Kier alpha value is -1.73. The molecule has 0 spiro atoms. The van der Waals surface area contributed by atoms with E-state index >= 15 is 0 Å². The lowest BCUT2D eigenvalue weighted by Crippen LogP contribution is -2.48. The van der Waals surface area contributed by atoms with E-state index in [9.17, 15) is 9.59 Å². The van der Waals surface area contributed by atoms with Gasteiger partial charge in [-0.25, -0.2) is 4.79 Å². The predicted molar refractivity (Wildman–Crippen MR) is 82.3 cm³/mol. The van der Waals surface area contributed by atoms with Crippen molar-refractivity contribution >= 4 is 23.6 Å². The summed E-state index contributed by atoms with van der Waals surface area (Å²) in [5.41, 5.74) is 0. The Kier molecular flexibility index (Phi) is 6.09. The van der Waals surface area contributed by atoms with Crippen molar-refractivity contribution in [3.05, 3.63) is 24.3 Å². The summed E-state index contributed by atoms with van der Waals surface area (Å²) in [4.78, 5) is 25.6. The maximum atomic E-state index is 12.1. The van der Waals surface area contributed by atoms with E-state index in [4.69, 9.17) is 14.6 Å². The van der Waals surface area contributed by atoms with Crippen molar-refractivity contribution in [2.24, 2.45) is 0 Å². The molecule has 7 heteroatoms. The lowest BCUT2D eigenvalue weighted by molar-refractivity contribution is -0.159. The van der Waals surface area contributed by atoms with Gasteiger partial charge in [0.25, 0.3) is 0 Å². The summed E-state index contributed by atoms with van der Waals surface area (Å²) in [5.74, 6) is 0.398. The average molecular weight is 325 g/mol. The van der Waals surface area contributed by atoms with Gasteiger partial charge in [0.05, 0.1) is 20.3 Å². The predicted octanol–water partition coefficient (Wildman–Crippen LogP) is 1.49. The number of carboxylic acids is 1. The number of thioether (sulfide) groups is 1. The molecule has 1 N–H and O–H groups in total. The first-order chi connectivity index (χ1) is 10.6. The summed E-state index contributed by atoms with van der Waals surface area (Å²) in [5, 5.41) is 8.93. The molecule has 0 radical (unpaired) electrons. The van der Waals surface area contributed by atoms with E-state index < -0.39 is 12.1 Å². The molecule has 1 atom stereocenters. The molecule has 1 aromatic rings. The van der Waals surface area contributed by atoms with Crippen LogP contribution in [0.4, 0.5) is 0 Å². The Labute approximate surface area is 133 Å². The van der Waals surface area contributed by atoms with Crippen LogP contribution in [0.1, 0.15) is 6.42 Å². The van der Waals surface area contributed by atoms with Gasteiger partial charge in [-0.1, -0.05) is 0 Å². The number of carbonyl (C=O) groups is 2. The zero-order chi connectivity index (χ0) is 15.9. The van der Waals surface area contributed by atoms with Crippen LogP contribution in [0, 0.1) is 0 Å². The molecule has 22 heavy (non-hydrogen) atoms. The molecular weight excluding hydrogens is 306 g/mol. The molecule has 0 saturated carbocycles. The van der Waals surface area contributed by atoms with Gasteiger partial charge >= 0.3 is 5.97 Å². The first kappa shape index (κ1) is 16.6. The summed E-state index contributed by atoms with van der Waals surface area (Å²) >= 11 is 1.59. The van der Waals surface area contributed by atoms with Crippen molar-refractivity contribution in [2.45, 2.75) is 17.4 Å². The van der Waals surface area contributed by atoms with Crippen molar-refractivity contribution in [3.63, 3.8) is 0 Å². The monoisotopic (exact) mass is 325 g/mol. The SMILES string of the molecule is COc1ccc(SCCC(=O)N2CCOC(C(=O)O)C2)cc1. The van der Waals surface area contributed by atoms with Crippen LogP contribution in [-0.2, 0) is 14.3 Å². The van der Waals surface area contributed by atoms with E-state index in [1.165, 1.54) is 0 Å². The molecule has 0 bridgehead atoms. The summed E-state index contributed by atoms with van der Waals surface area (Å²) in [6.07, 6.45) is -0.532. The Morgan fingerprint density at radius 2 is 2.14 bits per heavy atom. The Balaban J connectivity index is 1.76. The van der Waals surface area contributed by atoms with E-state index in [1.807, 2.05) is 24.3 Å². The van der Waals surface area contributed by atoms with Crippen LogP contribution in [0.2, 0.25) is 0 Å². The summed E-state index contributed by atoms with van der Waals surface area (Å²) in [6.45, 7) is 0.853. The number of benzene rings is 1. The number of carbonyl (C=O) groups excluding carboxylic acids is 1. The van der Waals surface area contributed by atoms with Gasteiger partial charge in [-0.15, -0.1) is 11.8 Å². The second-order valence-electron chi connectivity index (χ2n) is 4.81. The van der Waals surface area contributed by atoms with Crippen LogP contribution in [0.15, 0.2) is 29.2 Å². The molecule has 120 valence electrons. The van der Waals surface area contributed by atoms with Crippen molar-refractivity contribution in [1.82, 2.24) is 4.90 Å². The molecule has 6 nitrogen and oxygen atoms in total. The highest BCUT2D eigenvalue weighted by Crippen LogP contribution is 2.22. The molecule has 1 heterocycles. The van der Waals surface area contributed by atoms with Gasteiger partial charge < -0.3 is 19.5 Å². The van der Waals surface area contributed by atoms with Crippen LogP contribution in [-0.4, -0.2) is 60.5 Å². The van der Waals surface area contributed by atoms with Crippen molar-refractivity contribution in [2.75, 3.05) is 32.6 Å². The normalized spacial score (nSPS) is 18.0. The minimum absolute atomic E-state index is 0.0319. The van der Waals surface area contributed by atoms with E-state index in [2.05, 4.69) is 0 Å². The smallest absolute Gasteiger partial charge is 0.334 e. The molecule has 0 aliphatic carbocycles. The molecule has 1 saturated heterocycles. The first-order valence-electron chi connectivity index (χ1n) is 6.99. The number of rotatable bonds is 6. The van der Waals surface area contributed by atoms with Crippen LogP contribution < -0.4 is 4.74 Å². The Morgan fingerprint density at radius 3 is 2.77 bits per heavy atom. The van der Waals surface area contributed by atoms with Crippen molar-refractivity contribution in [3.8, 4) is 5.75 Å². The zero-order valence-corrected chi connectivity index (χ0v) is 13.2. The van der Waals surface area contributed by atoms with E-state index in [-0.39, 0.29) is 19.1 Å². The van der Waals surface area contributed by atoms with E-state index in [1.54, 1.807) is 23.8 Å². The van der Waals surface area contributed by atoms with Crippen LogP contribution in [0.5, 0.6) is 5.75 Å². The number of amides is 1. The highest BCUT2D eigenvalue weighted by Gasteiger charge is 2.28. The third-order valence-electron chi connectivity index (χ3n) is 3.34. The summed E-state index contributed by atoms with van der Waals surface area (Å²) in [6, 6.07) is 7.65. The number of carboxylic acid groups (broad SMARTS) is 1. The lowest BCUT2D eigenvalue weighted by atomic mass is 10.2. The maximum absolute atomic E-state index is 12.1. The van der Waals surface area contributed by atoms with Gasteiger partial charge in [-0.3, -0.25) is 4.79 Å². The quantitative estimate of drug-likeness (QED) is 0.799. The molecule has 0 aromatic heterocycles. The molecule has 1 amide bonds. The molecule has 2 rings (SSSR count). The Morgan fingerprint density at radius 1 is 1.41 bits per heavy atom. The second-order valence-corrected chi connectivity index (χ2v) is 5.98. The van der Waals surface area contributed by atoms with Gasteiger partial charge in [-0.2, -0.15) is 0 Å². The minimum atomic E-state index is -1.02. The second kappa shape index (κ2) is 8.05. The fraction of sp³-hybridized carbons (Fsp3) is 0.467. The zero-order valence-electron chi connectivity index (χ0n) is 12.4. The largest absolute Gasteiger partial charge is 0.497 e. The van der Waals surface area contributed by atoms with E-state index in [0.29, 0.717) is 18.7 Å². The number of hydrogen-bond donors (Lipinski definition) is 1. The highest BCUT2D eigenvalue weighted by molar-refractivity contribution is 7.99. The van der Waals surface area contributed by atoms with Crippen LogP contribution in [0.25, 0.3) is 0 Å². The van der Waals surface area contributed by atoms with Gasteiger partial charge in [0.15, 0.2) is 6.10 Å². The molecule has 1 aromatic carbocycles. The van der Waals surface area contributed by atoms with E-state index in [0.717, 1.165) is 10.6 Å². The highest BCUT2D eigenvalue weighted by atomic mass is 32.2. The summed E-state index contributed by atoms with van der Waals surface area (Å²) in [7, 11) is 1.62. The fourth-order valence-corrected chi connectivity index (χ4v) is 2.95. The number of nitrogens with zero attached hydrogens (tertiary/aromatic N) is 1. The van der Waals surface area contributed by atoms with Gasteiger partial charge in [-0.05, 0) is 24.3 Å². The molecule has 1 aliphatic rings. The van der Waals surface area contributed by atoms with Crippen molar-refractivity contribution in [1.29, 1.82) is 0 Å². The van der Waals surface area contributed by atoms with Gasteiger partial charge in [0, 0.05) is 23.6 Å². The third-order valence-corrected chi connectivity index (χ3v) is 4.35. The van der Waals surface area contributed by atoms with Crippen LogP contribution >= 0.6 is 11.8 Å². The summed E-state index contributed by atoms with van der Waals surface area (Å²) < 4.78 is 10.2. The fourth-order valence-electron chi connectivity index (χ4n) is 2.11. The molecule has 1 aliphatic heterocycles. The third kappa shape index (κ3) is 4.64. The van der Waals surface area contributed by atoms with Gasteiger partial charge in [0.1, 0.15) is 5.75 Å². The number of hydrogen-bond acceptors (Lipinski definition) is 5. The van der Waals surface area contributed by atoms with Crippen molar-refractivity contribution < 1.29 is 24.2 Å². The lowest BCUT2D eigenvalue weighted by Gasteiger charge is -2.30. The van der Waals surface area contributed by atoms with Gasteiger partial charge in [0.2, 0.25) is 5.91 Å². The maximum Gasteiger partial charge on any atom is 0.334 e. The molecule has 1 unspecified atom stereocenters. The number of ether oxygens (including phenoxy) is 2. The molecule has 1 fully saturated rings. The minimum Gasteiger partial charge on any atom is -0.497 e. The average Bonchev–Trinajstić information content (AvgIpc) is 2.55. The Bertz CT molecular complexity index is 519. The number of morpholine rings is 1. The topological polar surface area (TPSA) is 76.1 Å². The molecular formula is C15H19NO5S. The standard InChI is InChI=1S/C15H19NO5S/c1-20-11-2-4-12(5-3-11)22-9-6-14(17)16-7-8-21-13(10-16)15(18)19/h2-5,13H,6-10H2,1H3,(H,18,19).